The Kier molecular flexibility index (Phi) is 11.7. The quantitative estimate of drug-likeness (QED) is 0.0971. The molecule has 2 atom stereocenters. The van der Waals surface area contributed by atoms with E-state index in [1.807, 2.05) is 42.5 Å². The minimum absolute atomic E-state index is 0.00393. The maximum atomic E-state index is 14.2. The van der Waals surface area contributed by atoms with Gasteiger partial charge in [-0.05, 0) is 59.4 Å². The molecule has 5 rings (SSSR count). The lowest BCUT2D eigenvalue weighted by Gasteiger charge is -2.34. The van der Waals surface area contributed by atoms with Crippen LogP contribution in [0.25, 0.3) is 10.8 Å². The molecule has 0 spiro atoms. The molecule has 0 aromatic heterocycles. The number of guanidine groups is 1. The minimum atomic E-state index is -4.22. The van der Waals surface area contributed by atoms with Crippen molar-refractivity contribution < 1.29 is 32.6 Å². The number of ether oxygens (including phenoxy) is 1. The molecule has 262 valence electrons. The fraction of sp³-hybridized carbons (Fsp3) is 0.278. The number of nitrogens with zero attached hydrogens (tertiary/aromatic N) is 2. The number of carboxylic acids is 1. The van der Waals surface area contributed by atoms with Gasteiger partial charge in [-0.15, -0.1) is 0 Å². The number of nitrogens with two attached hydrogens (primary N) is 1. The second-order valence-electron chi connectivity index (χ2n) is 12.1. The highest BCUT2D eigenvalue weighted by Crippen LogP contribution is 2.24. The van der Waals surface area contributed by atoms with Gasteiger partial charge in [0.05, 0.1) is 10.5 Å². The Labute approximate surface area is 290 Å². The largest absolute Gasteiger partial charge is 0.488 e. The van der Waals surface area contributed by atoms with Gasteiger partial charge >= 0.3 is 5.97 Å². The number of amides is 2. The molecule has 1 heterocycles. The summed E-state index contributed by atoms with van der Waals surface area (Å²) in [6.45, 7) is -0.203. The van der Waals surface area contributed by atoms with Gasteiger partial charge in [0.1, 0.15) is 24.9 Å². The van der Waals surface area contributed by atoms with E-state index in [9.17, 15) is 27.9 Å². The third kappa shape index (κ3) is 9.15. The SMILES string of the molecule is N=C(N)N1CCCC(CNC(=O)[C@H](CNS(=O)(=O)c2ccc3ccccc3c2)N(CC(=O)O)C(=O)c2ccccc2OCc2ccccc2)C1. The lowest BCUT2D eigenvalue weighted by Crippen LogP contribution is -2.57. The first kappa shape index (κ1) is 35.8. The number of sulfonamides is 1. The summed E-state index contributed by atoms with van der Waals surface area (Å²) in [6.07, 6.45) is 1.49. The van der Waals surface area contributed by atoms with Gasteiger partial charge in [-0.1, -0.05) is 72.8 Å². The van der Waals surface area contributed by atoms with Gasteiger partial charge in [-0.2, -0.15) is 0 Å². The lowest BCUT2D eigenvalue weighted by molar-refractivity contribution is -0.139. The van der Waals surface area contributed by atoms with Gasteiger partial charge in [-0.3, -0.25) is 19.8 Å². The number of carboxylic acid groups (broad SMARTS) is 1. The number of benzene rings is 4. The Morgan fingerprint density at radius 3 is 2.42 bits per heavy atom. The summed E-state index contributed by atoms with van der Waals surface area (Å²) in [5.74, 6) is -2.97. The van der Waals surface area contributed by atoms with Gasteiger partial charge in [0, 0.05) is 26.2 Å². The van der Waals surface area contributed by atoms with Crippen molar-refractivity contribution in [1.29, 1.82) is 5.41 Å². The van der Waals surface area contributed by atoms with Crippen molar-refractivity contribution >= 4 is 44.5 Å². The summed E-state index contributed by atoms with van der Waals surface area (Å²) in [4.78, 5) is 42.8. The summed E-state index contributed by atoms with van der Waals surface area (Å²) in [5, 5.41) is 22.0. The molecule has 4 aromatic rings. The smallest absolute Gasteiger partial charge is 0.323 e. The predicted molar refractivity (Wildman–Crippen MR) is 188 cm³/mol. The van der Waals surface area contributed by atoms with Crippen LogP contribution in [0.3, 0.4) is 0 Å². The number of para-hydroxylation sites is 1. The fourth-order valence-corrected chi connectivity index (χ4v) is 6.97. The zero-order chi connectivity index (χ0) is 35.7. The minimum Gasteiger partial charge on any atom is -0.488 e. The van der Waals surface area contributed by atoms with Gasteiger partial charge in [0.25, 0.3) is 5.91 Å². The molecule has 14 heteroatoms. The molecule has 1 unspecified atom stereocenters. The van der Waals surface area contributed by atoms with Crippen LogP contribution in [-0.2, 0) is 26.2 Å². The number of aliphatic carboxylic acids is 1. The van der Waals surface area contributed by atoms with E-state index in [0.29, 0.717) is 18.5 Å². The molecule has 1 aliphatic rings. The van der Waals surface area contributed by atoms with Crippen LogP contribution in [-0.4, -0.2) is 85.8 Å². The number of rotatable bonds is 14. The van der Waals surface area contributed by atoms with Crippen LogP contribution in [0.5, 0.6) is 5.75 Å². The number of carbonyl (C=O) groups excluding carboxylic acids is 2. The Morgan fingerprint density at radius 2 is 1.68 bits per heavy atom. The first-order valence-corrected chi connectivity index (χ1v) is 17.6. The molecule has 0 radical (unpaired) electrons. The van der Waals surface area contributed by atoms with Gasteiger partial charge < -0.3 is 30.7 Å². The standard InChI is InChI=1S/C36H40N6O7S/c37-36(38)41-18-8-11-26(22-41)20-39-34(45)31(21-40-50(47,48)29-17-16-27-12-4-5-13-28(27)19-29)42(23-33(43)44)35(46)30-14-6-7-15-32(30)49-24-25-9-2-1-3-10-25/h1-7,9-10,12-17,19,26,31,40H,8,11,18,20-24H2,(H3,37,38)(H,39,45)(H,43,44)/t26?,31-/m0/s1. The molecular weight excluding hydrogens is 660 g/mol. The van der Waals surface area contributed by atoms with Crippen LogP contribution in [0.1, 0.15) is 28.8 Å². The zero-order valence-electron chi connectivity index (χ0n) is 27.3. The van der Waals surface area contributed by atoms with Crippen molar-refractivity contribution in [3.8, 4) is 5.75 Å². The van der Waals surface area contributed by atoms with Crippen molar-refractivity contribution in [2.45, 2.75) is 30.4 Å². The number of hydrogen-bond acceptors (Lipinski definition) is 7. The van der Waals surface area contributed by atoms with E-state index in [-0.39, 0.29) is 41.2 Å². The van der Waals surface area contributed by atoms with Gasteiger partial charge in [0.2, 0.25) is 15.9 Å². The summed E-state index contributed by atoms with van der Waals surface area (Å²) in [5.41, 5.74) is 6.52. The summed E-state index contributed by atoms with van der Waals surface area (Å²) in [6, 6.07) is 25.8. The highest BCUT2D eigenvalue weighted by molar-refractivity contribution is 7.89. The molecule has 0 aliphatic carbocycles. The molecule has 2 amide bonds. The van der Waals surface area contributed by atoms with Crippen molar-refractivity contribution in [3.05, 3.63) is 108 Å². The first-order valence-electron chi connectivity index (χ1n) is 16.2. The van der Waals surface area contributed by atoms with Crippen LogP contribution in [0.2, 0.25) is 0 Å². The molecule has 1 aliphatic heterocycles. The molecule has 0 saturated carbocycles. The molecule has 13 nitrogen and oxygen atoms in total. The summed E-state index contributed by atoms with van der Waals surface area (Å²) in [7, 11) is -4.22. The average Bonchev–Trinajstić information content (AvgIpc) is 3.12. The fourth-order valence-electron chi connectivity index (χ4n) is 5.89. The topological polar surface area (TPSA) is 195 Å². The van der Waals surface area contributed by atoms with Gasteiger partial charge in [0.15, 0.2) is 5.96 Å². The summed E-state index contributed by atoms with van der Waals surface area (Å²) >= 11 is 0. The van der Waals surface area contributed by atoms with Crippen molar-refractivity contribution in [2.24, 2.45) is 11.7 Å². The molecule has 0 bridgehead atoms. The van der Waals surface area contributed by atoms with E-state index in [1.165, 1.54) is 18.2 Å². The maximum absolute atomic E-state index is 14.2. The normalized spacial score (nSPS) is 15.2. The third-order valence-electron chi connectivity index (χ3n) is 8.52. The van der Waals surface area contributed by atoms with E-state index < -0.39 is 46.9 Å². The van der Waals surface area contributed by atoms with E-state index in [4.69, 9.17) is 15.9 Å². The van der Waals surface area contributed by atoms with Crippen molar-refractivity contribution in [3.63, 3.8) is 0 Å². The van der Waals surface area contributed by atoms with Crippen LogP contribution in [0.15, 0.2) is 102 Å². The lowest BCUT2D eigenvalue weighted by atomic mass is 9.98. The Morgan fingerprint density at radius 1 is 0.980 bits per heavy atom. The average molecular weight is 701 g/mol. The van der Waals surface area contributed by atoms with Crippen LogP contribution < -0.4 is 20.5 Å². The Balaban J connectivity index is 1.43. The molecule has 50 heavy (non-hydrogen) atoms. The van der Waals surface area contributed by atoms with Crippen LogP contribution in [0.4, 0.5) is 0 Å². The first-order chi connectivity index (χ1) is 24.0. The Hall–Kier alpha value is -5.47. The second kappa shape index (κ2) is 16.3. The van der Waals surface area contributed by atoms with E-state index >= 15 is 0 Å². The van der Waals surface area contributed by atoms with Gasteiger partial charge in [-0.25, -0.2) is 13.1 Å². The number of piperidine rings is 1. The number of nitrogens with one attached hydrogen (secondary N) is 3. The van der Waals surface area contributed by atoms with Crippen molar-refractivity contribution in [2.75, 3.05) is 32.7 Å². The third-order valence-corrected chi connectivity index (χ3v) is 9.94. The number of fused-ring (bicyclic) bond motifs is 1. The predicted octanol–water partition coefficient (Wildman–Crippen LogP) is 3.01. The highest BCUT2D eigenvalue weighted by atomic mass is 32.2. The van der Waals surface area contributed by atoms with Crippen LogP contribution in [0, 0.1) is 11.3 Å². The van der Waals surface area contributed by atoms with Crippen molar-refractivity contribution in [1.82, 2.24) is 19.8 Å². The Bertz CT molecular complexity index is 1960. The van der Waals surface area contributed by atoms with Crippen LogP contribution >= 0.6 is 0 Å². The monoisotopic (exact) mass is 700 g/mol. The number of hydrogen-bond donors (Lipinski definition) is 5. The maximum Gasteiger partial charge on any atom is 0.323 e. The highest BCUT2D eigenvalue weighted by Gasteiger charge is 2.35. The zero-order valence-corrected chi connectivity index (χ0v) is 28.1. The summed E-state index contributed by atoms with van der Waals surface area (Å²) < 4.78 is 35.5. The molecule has 1 fully saturated rings. The number of likely N-dealkylation sites (tertiary alicyclic amines) is 1. The van der Waals surface area contributed by atoms with E-state index in [1.54, 1.807) is 41.3 Å². The van der Waals surface area contributed by atoms with E-state index in [0.717, 1.165) is 28.7 Å². The molecule has 4 aromatic carbocycles. The molecule has 6 N–H and O–H groups in total. The number of carbonyl (C=O) groups is 3. The molecule has 1 saturated heterocycles. The van der Waals surface area contributed by atoms with E-state index in [2.05, 4.69) is 10.0 Å². The molecular formula is C36H40N6O7S. The second-order valence-corrected chi connectivity index (χ2v) is 13.8.